The predicted octanol–water partition coefficient (Wildman–Crippen LogP) is 1.80. The number of nitrogens with zero attached hydrogens (tertiary/aromatic N) is 2. The van der Waals surface area contributed by atoms with Gasteiger partial charge in [0.05, 0.1) is 17.9 Å². The van der Waals surface area contributed by atoms with Crippen molar-refractivity contribution in [2.45, 2.75) is 26.7 Å². The topological polar surface area (TPSA) is 126 Å². The van der Waals surface area contributed by atoms with E-state index in [4.69, 9.17) is 10.5 Å². The zero-order valence-electron chi connectivity index (χ0n) is 15.5. The van der Waals surface area contributed by atoms with E-state index in [9.17, 15) is 19.6 Å². The van der Waals surface area contributed by atoms with E-state index in [-0.39, 0.29) is 42.4 Å². The first-order valence-corrected chi connectivity index (χ1v) is 8.61. The fourth-order valence-electron chi connectivity index (χ4n) is 2.09. The highest BCUT2D eigenvalue weighted by Crippen LogP contribution is 2.17. The molecule has 2 amide bonds. The summed E-state index contributed by atoms with van der Waals surface area (Å²) >= 11 is 0. The molecule has 0 saturated carbocycles. The van der Waals surface area contributed by atoms with Crippen molar-refractivity contribution in [2.24, 2.45) is 5.73 Å². The zero-order valence-corrected chi connectivity index (χ0v) is 15.5. The molecule has 0 bridgehead atoms. The smallest absolute Gasteiger partial charge is 0.340 e. The van der Waals surface area contributed by atoms with Crippen molar-refractivity contribution >= 4 is 23.5 Å². The van der Waals surface area contributed by atoms with E-state index in [1.807, 2.05) is 6.92 Å². The molecule has 1 aromatic rings. The van der Waals surface area contributed by atoms with Gasteiger partial charge in [0.15, 0.2) is 0 Å². The molecule has 0 aliphatic rings. The molecule has 0 fully saturated rings. The van der Waals surface area contributed by atoms with Crippen LogP contribution in [0.1, 0.15) is 37.0 Å². The summed E-state index contributed by atoms with van der Waals surface area (Å²) in [6.07, 6.45) is 2.77. The van der Waals surface area contributed by atoms with E-state index in [0.717, 1.165) is 19.0 Å². The third kappa shape index (κ3) is 6.92. The molecule has 0 heterocycles. The quantitative estimate of drug-likeness (QED) is 0.295. The minimum atomic E-state index is -0.741. The summed E-state index contributed by atoms with van der Waals surface area (Å²) in [6.45, 7) is 3.93. The van der Waals surface area contributed by atoms with E-state index in [1.165, 1.54) is 24.0 Å². The molecule has 0 aliphatic carbocycles. The van der Waals surface area contributed by atoms with Crippen molar-refractivity contribution in [2.75, 3.05) is 25.0 Å². The van der Waals surface area contributed by atoms with Gasteiger partial charge in [-0.25, -0.2) is 4.79 Å². The number of unbranched alkanes of at least 4 members (excludes halogenated alkanes) is 1. The molecule has 1 rings (SSSR count). The first-order valence-electron chi connectivity index (χ1n) is 8.61. The van der Waals surface area contributed by atoms with Crippen LogP contribution in [0.5, 0.6) is 0 Å². The number of hydrogen-bond donors (Lipinski definition) is 2. The molecule has 3 N–H and O–H groups in total. The zero-order chi connectivity index (χ0) is 20.2. The number of rotatable bonds is 9. The van der Waals surface area contributed by atoms with Gasteiger partial charge in [0.25, 0.3) is 5.91 Å². The summed E-state index contributed by atoms with van der Waals surface area (Å²) in [6, 6.07) is 8.10. The molecule has 27 heavy (non-hydrogen) atoms. The molecular weight excluding hydrogens is 348 g/mol. The number of nitrogens with two attached hydrogens (primary N) is 1. The summed E-state index contributed by atoms with van der Waals surface area (Å²) in [5, 5.41) is 11.8. The summed E-state index contributed by atoms with van der Waals surface area (Å²) < 4.78 is 5.17. The Morgan fingerprint density at radius 2 is 2.04 bits per heavy atom. The van der Waals surface area contributed by atoms with Crippen LogP contribution in [0.25, 0.3) is 0 Å². The Morgan fingerprint density at radius 1 is 1.33 bits per heavy atom. The number of nitriles is 1. The molecule has 1 aromatic carbocycles. The van der Waals surface area contributed by atoms with Crippen LogP contribution >= 0.6 is 0 Å². The van der Waals surface area contributed by atoms with E-state index in [2.05, 4.69) is 5.32 Å². The van der Waals surface area contributed by atoms with Gasteiger partial charge in [-0.05, 0) is 18.6 Å². The van der Waals surface area contributed by atoms with E-state index in [0.29, 0.717) is 0 Å². The molecule has 8 heteroatoms. The van der Waals surface area contributed by atoms with Gasteiger partial charge in [0.2, 0.25) is 5.91 Å². The van der Waals surface area contributed by atoms with Crippen LogP contribution in [-0.2, 0) is 14.3 Å². The second kappa shape index (κ2) is 11.4. The second-order valence-corrected chi connectivity index (χ2v) is 5.64. The van der Waals surface area contributed by atoms with Gasteiger partial charge in [0.1, 0.15) is 11.6 Å². The van der Waals surface area contributed by atoms with Crippen LogP contribution in [0.2, 0.25) is 0 Å². The highest BCUT2D eigenvalue weighted by Gasteiger charge is 2.18. The molecule has 144 valence electrons. The lowest BCUT2D eigenvalue weighted by molar-refractivity contribution is -0.126. The van der Waals surface area contributed by atoms with Crippen molar-refractivity contribution in [3.05, 3.63) is 41.6 Å². The number of ether oxygens (including phenoxy) is 1. The largest absolute Gasteiger partial charge is 0.462 e. The van der Waals surface area contributed by atoms with Crippen LogP contribution in [-0.4, -0.2) is 42.4 Å². The van der Waals surface area contributed by atoms with Gasteiger partial charge in [-0.2, -0.15) is 5.26 Å². The van der Waals surface area contributed by atoms with Crippen molar-refractivity contribution in [1.29, 1.82) is 5.26 Å². The van der Waals surface area contributed by atoms with Gasteiger partial charge in [-0.1, -0.05) is 25.5 Å². The Bertz CT molecular complexity index is 752. The number of nitrogens with one attached hydrogen (secondary N) is 1. The Morgan fingerprint density at radius 3 is 2.63 bits per heavy atom. The molecule has 0 saturated heterocycles. The van der Waals surface area contributed by atoms with Gasteiger partial charge in [0, 0.05) is 26.2 Å². The fourth-order valence-corrected chi connectivity index (χ4v) is 2.09. The van der Waals surface area contributed by atoms with Crippen LogP contribution in [0.3, 0.4) is 0 Å². The van der Waals surface area contributed by atoms with Crippen LogP contribution in [0.15, 0.2) is 36.0 Å². The molecule has 0 aliphatic heterocycles. The number of carbonyl (C=O) groups is 3. The first kappa shape index (κ1) is 21.9. The minimum Gasteiger partial charge on any atom is -0.462 e. The fraction of sp³-hybridized carbons (Fsp3) is 0.368. The number of anilines is 1. The van der Waals surface area contributed by atoms with Gasteiger partial charge < -0.3 is 20.7 Å². The number of benzene rings is 1. The van der Waals surface area contributed by atoms with Gasteiger partial charge >= 0.3 is 5.97 Å². The highest BCUT2D eigenvalue weighted by atomic mass is 16.5. The molecule has 8 nitrogen and oxygen atoms in total. The van der Waals surface area contributed by atoms with Crippen molar-refractivity contribution in [1.82, 2.24) is 4.90 Å². The first-order chi connectivity index (χ1) is 12.9. The third-order valence-corrected chi connectivity index (χ3v) is 3.55. The lowest BCUT2D eigenvalue weighted by Gasteiger charge is -2.16. The average molecular weight is 372 g/mol. The van der Waals surface area contributed by atoms with E-state index < -0.39 is 11.9 Å². The standard InChI is InChI=1S/C19H24N4O4/c1-3-4-11-27-19(26)16-7-5-6-8-17(16)22-18(25)15(12-21)13-23(10-9-20)14(2)24/h5-8,13H,3-4,9-11,20H2,1-2H3,(H,22,25)/b15-13-. The highest BCUT2D eigenvalue weighted by molar-refractivity contribution is 6.09. The van der Waals surface area contributed by atoms with Crippen molar-refractivity contribution < 1.29 is 19.1 Å². The van der Waals surface area contributed by atoms with Gasteiger partial charge in [-0.15, -0.1) is 0 Å². The van der Waals surface area contributed by atoms with E-state index in [1.54, 1.807) is 18.2 Å². The van der Waals surface area contributed by atoms with Gasteiger partial charge in [-0.3, -0.25) is 9.59 Å². The number of esters is 1. The molecule has 0 aromatic heterocycles. The maximum Gasteiger partial charge on any atom is 0.340 e. The maximum atomic E-state index is 12.4. The third-order valence-electron chi connectivity index (χ3n) is 3.55. The Labute approximate surface area is 158 Å². The number of hydrogen-bond acceptors (Lipinski definition) is 6. The average Bonchev–Trinajstić information content (AvgIpc) is 2.65. The van der Waals surface area contributed by atoms with Crippen molar-refractivity contribution in [3.63, 3.8) is 0 Å². The lowest BCUT2D eigenvalue weighted by atomic mass is 10.1. The molecule has 0 unspecified atom stereocenters. The monoisotopic (exact) mass is 372 g/mol. The summed E-state index contributed by atoms with van der Waals surface area (Å²) in [5.74, 6) is -1.65. The Kier molecular flexibility index (Phi) is 9.26. The minimum absolute atomic E-state index is 0.175. The normalized spacial score (nSPS) is 10.7. The van der Waals surface area contributed by atoms with Crippen LogP contribution < -0.4 is 11.1 Å². The molecule has 0 atom stereocenters. The molecule has 0 radical (unpaired) electrons. The van der Waals surface area contributed by atoms with Crippen LogP contribution in [0.4, 0.5) is 5.69 Å². The summed E-state index contributed by atoms with van der Waals surface area (Å²) in [5.41, 5.74) is 5.55. The molecule has 0 spiro atoms. The van der Waals surface area contributed by atoms with Crippen LogP contribution in [0, 0.1) is 11.3 Å². The SMILES string of the molecule is CCCCOC(=O)c1ccccc1NC(=O)/C(C#N)=C\N(CCN)C(C)=O. The lowest BCUT2D eigenvalue weighted by Crippen LogP contribution is -2.30. The maximum absolute atomic E-state index is 12.4. The number of carbonyl (C=O) groups excluding carboxylic acids is 3. The molecular formula is C19H24N4O4. The Balaban J connectivity index is 2.99. The second-order valence-electron chi connectivity index (χ2n) is 5.64. The predicted molar refractivity (Wildman–Crippen MR) is 100 cm³/mol. The summed E-state index contributed by atoms with van der Waals surface area (Å²) in [4.78, 5) is 37.4. The number of para-hydroxylation sites is 1. The summed E-state index contributed by atoms with van der Waals surface area (Å²) in [7, 11) is 0. The van der Waals surface area contributed by atoms with Crippen molar-refractivity contribution in [3.8, 4) is 6.07 Å². The van der Waals surface area contributed by atoms with E-state index >= 15 is 0 Å². The Hall–Kier alpha value is -3.18. The number of amides is 2.